The molecule has 0 atom stereocenters. The maximum Gasteiger partial charge on any atom is 0.168 e. The van der Waals surface area contributed by atoms with Gasteiger partial charge in [-0.2, -0.15) is 0 Å². The number of ketones is 1. The van der Waals surface area contributed by atoms with Crippen molar-refractivity contribution in [2.24, 2.45) is 5.92 Å². The number of halogens is 1. The van der Waals surface area contributed by atoms with Crippen LogP contribution < -0.4 is 0 Å². The molecule has 0 saturated heterocycles. The molecule has 1 saturated carbocycles. The van der Waals surface area contributed by atoms with Crippen molar-refractivity contribution in [1.82, 2.24) is 14.5 Å². The van der Waals surface area contributed by atoms with Gasteiger partial charge in [-0.3, -0.25) is 4.79 Å². The zero-order valence-corrected chi connectivity index (χ0v) is 17.0. The quantitative estimate of drug-likeness (QED) is 0.301. The first-order chi connectivity index (χ1) is 11.9. The van der Waals surface area contributed by atoms with Crippen LogP contribution in [0.5, 0.6) is 0 Å². The lowest BCUT2D eigenvalue weighted by molar-refractivity contribution is 0.0886. The van der Waals surface area contributed by atoms with Gasteiger partial charge < -0.3 is 9.30 Å². The molecule has 7 heteroatoms. The number of fused-ring (bicyclic) bond motifs is 1. The van der Waals surface area contributed by atoms with Crippen molar-refractivity contribution in [2.45, 2.75) is 58.1 Å². The largest absolute Gasteiger partial charge is 0.361 e. The van der Waals surface area contributed by atoms with E-state index in [1.807, 2.05) is 10.8 Å². The molecule has 0 N–H and O–H groups in total. The highest BCUT2D eigenvalue weighted by atomic mass is 35.5. The Morgan fingerprint density at radius 1 is 1.32 bits per heavy atom. The minimum Gasteiger partial charge on any atom is -0.361 e. The van der Waals surface area contributed by atoms with Crippen LogP contribution >= 0.6 is 11.6 Å². The van der Waals surface area contributed by atoms with E-state index in [0.717, 1.165) is 38.3 Å². The normalized spacial score (nSPS) is 16.0. The summed E-state index contributed by atoms with van der Waals surface area (Å²) in [6.45, 7) is 8.08. The summed E-state index contributed by atoms with van der Waals surface area (Å²) in [5.74, 6) is 0.267. The third-order valence-corrected chi connectivity index (χ3v) is 6.82. The molecule has 0 bridgehead atoms. The average molecular weight is 380 g/mol. The summed E-state index contributed by atoms with van der Waals surface area (Å²) in [7, 11) is -1.12. The van der Waals surface area contributed by atoms with Crippen LogP contribution in [-0.4, -0.2) is 35.0 Å². The van der Waals surface area contributed by atoms with Crippen molar-refractivity contribution in [3.8, 4) is 0 Å². The van der Waals surface area contributed by atoms with E-state index in [0.29, 0.717) is 28.5 Å². The van der Waals surface area contributed by atoms with Crippen LogP contribution in [0.3, 0.4) is 0 Å². The first kappa shape index (κ1) is 18.5. The molecule has 1 fully saturated rings. The van der Waals surface area contributed by atoms with Gasteiger partial charge in [-0.15, -0.1) is 0 Å². The fraction of sp³-hybridized carbons (Fsp3) is 0.611. The van der Waals surface area contributed by atoms with Crippen molar-refractivity contribution in [3.63, 3.8) is 0 Å². The van der Waals surface area contributed by atoms with Crippen molar-refractivity contribution in [1.29, 1.82) is 0 Å². The molecule has 25 heavy (non-hydrogen) atoms. The molecule has 2 heterocycles. The van der Waals surface area contributed by atoms with Gasteiger partial charge in [0.2, 0.25) is 0 Å². The van der Waals surface area contributed by atoms with Crippen molar-refractivity contribution in [3.05, 3.63) is 23.2 Å². The number of carbonyl (C=O) groups excluding carboxylic acids is 1. The fourth-order valence-electron chi connectivity index (χ4n) is 3.32. The SMILES string of the molecule is C[Si](C)(C)CCOCn1cc(C(=O)C2CCCC2)c2c(Cl)ncnc21. The molecule has 5 nitrogen and oxygen atoms in total. The Balaban J connectivity index is 1.84. The van der Waals surface area contributed by atoms with Crippen molar-refractivity contribution < 1.29 is 9.53 Å². The predicted molar refractivity (Wildman–Crippen MR) is 103 cm³/mol. The Morgan fingerprint density at radius 3 is 2.72 bits per heavy atom. The monoisotopic (exact) mass is 379 g/mol. The van der Waals surface area contributed by atoms with Crippen LogP contribution in [0.4, 0.5) is 0 Å². The summed E-state index contributed by atoms with van der Waals surface area (Å²) < 4.78 is 7.73. The van der Waals surface area contributed by atoms with Crippen LogP contribution in [0, 0.1) is 5.92 Å². The molecular weight excluding hydrogens is 354 g/mol. The second-order valence-electron chi connectivity index (χ2n) is 8.07. The highest BCUT2D eigenvalue weighted by molar-refractivity contribution is 6.76. The third kappa shape index (κ3) is 4.30. The van der Waals surface area contributed by atoms with Crippen molar-refractivity contribution >= 4 is 36.5 Å². The molecule has 0 radical (unpaired) electrons. The molecule has 1 aliphatic carbocycles. The first-order valence-electron chi connectivity index (χ1n) is 8.98. The molecule has 136 valence electrons. The number of Topliss-reactive ketones (excluding diaryl/α,β-unsaturated/α-hetero) is 1. The number of hydrogen-bond acceptors (Lipinski definition) is 4. The van der Waals surface area contributed by atoms with Crippen LogP contribution in [0.1, 0.15) is 36.0 Å². The summed E-state index contributed by atoms with van der Waals surface area (Å²) >= 11 is 6.30. The van der Waals surface area contributed by atoms with Gasteiger partial charge in [0.1, 0.15) is 23.9 Å². The van der Waals surface area contributed by atoms with Gasteiger partial charge in [0.15, 0.2) is 5.78 Å². The number of aromatic nitrogens is 3. The van der Waals surface area contributed by atoms with E-state index >= 15 is 0 Å². The Morgan fingerprint density at radius 2 is 2.04 bits per heavy atom. The summed E-state index contributed by atoms with van der Waals surface area (Å²) in [4.78, 5) is 21.3. The zero-order valence-electron chi connectivity index (χ0n) is 15.2. The van der Waals surface area contributed by atoms with Gasteiger partial charge in [0, 0.05) is 32.4 Å². The second kappa shape index (κ2) is 7.56. The van der Waals surface area contributed by atoms with Gasteiger partial charge in [0.25, 0.3) is 0 Å². The first-order valence-corrected chi connectivity index (χ1v) is 13.1. The highest BCUT2D eigenvalue weighted by Gasteiger charge is 2.28. The molecule has 0 aromatic carbocycles. The Hall–Kier alpha value is -1.24. The number of nitrogens with zero attached hydrogens (tertiary/aromatic N) is 3. The van der Waals surface area contributed by atoms with E-state index in [2.05, 4.69) is 29.6 Å². The average Bonchev–Trinajstić information content (AvgIpc) is 3.19. The molecule has 3 rings (SSSR count). The van der Waals surface area contributed by atoms with E-state index in [1.54, 1.807) is 0 Å². The highest BCUT2D eigenvalue weighted by Crippen LogP contribution is 2.33. The Labute approximate surface area is 154 Å². The van der Waals surface area contributed by atoms with Crippen LogP contribution in [0.25, 0.3) is 11.0 Å². The zero-order chi connectivity index (χ0) is 18.0. The summed E-state index contributed by atoms with van der Waals surface area (Å²) in [5, 5.41) is 1.00. The van der Waals surface area contributed by atoms with Crippen LogP contribution in [0.15, 0.2) is 12.5 Å². The topological polar surface area (TPSA) is 57.0 Å². The fourth-order valence-corrected chi connectivity index (χ4v) is 4.31. The van der Waals surface area contributed by atoms with Gasteiger partial charge >= 0.3 is 0 Å². The minimum absolute atomic E-state index is 0.100. The van der Waals surface area contributed by atoms with Gasteiger partial charge in [-0.25, -0.2) is 9.97 Å². The number of ether oxygens (including phenoxy) is 1. The summed E-state index contributed by atoms with van der Waals surface area (Å²) in [6, 6.07) is 1.11. The Kier molecular flexibility index (Phi) is 5.61. The van der Waals surface area contributed by atoms with E-state index in [9.17, 15) is 4.79 Å². The van der Waals surface area contributed by atoms with E-state index in [-0.39, 0.29) is 11.7 Å². The summed E-state index contributed by atoms with van der Waals surface area (Å²) in [5.41, 5.74) is 1.32. The van der Waals surface area contributed by atoms with E-state index in [4.69, 9.17) is 16.3 Å². The van der Waals surface area contributed by atoms with E-state index in [1.165, 1.54) is 6.33 Å². The molecule has 0 amide bonds. The molecule has 0 aliphatic heterocycles. The summed E-state index contributed by atoms with van der Waals surface area (Å²) in [6.07, 6.45) is 7.46. The van der Waals surface area contributed by atoms with E-state index < -0.39 is 8.07 Å². The molecule has 1 aliphatic rings. The molecule has 0 spiro atoms. The minimum atomic E-state index is -1.12. The van der Waals surface area contributed by atoms with Gasteiger partial charge in [-0.1, -0.05) is 44.1 Å². The molecule has 0 unspecified atom stereocenters. The molecule has 2 aromatic rings. The predicted octanol–water partition coefficient (Wildman–Crippen LogP) is 4.77. The van der Waals surface area contributed by atoms with Gasteiger partial charge in [-0.05, 0) is 18.9 Å². The molecule has 2 aromatic heterocycles. The van der Waals surface area contributed by atoms with Gasteiger partial charge in [0.05, 0.1) is 5.39 Å². The Bertz CT molecular complexity index is 764. The standard InChI is InChI=1S/C18H26ClN3O2Si/c1-25(2,3)9-8-24-12-22-10-14(16(23)13-6-4-5-7-13)15-17(19)20-11-21-18(15)22/h10-11,13H,4-9,12H2,1-3H3. The second-order valence-corrected chi connectivity index (χ2v) is 14.0. The lowest BCUT2D eigenvalue weighted by Gasteiger charge is -2.15. The number of hydrogen-bond donors (Lipinski definition) is 0. The smallest absolute Gasteiger partial charge is 0.168 e. The maximum absolute atomic E-state index is 12.9. The maximum atomic E-state index is 12.9. The van der Waals surface area contributed by atoms with Crippen molar-refractivity contribution in [2.75, 3.05) is 6.61 Å². The number of rotatable bonds is 7. The van der Waals surface area contributed by atoms with Crippen LogP contribution in [-0.2, 0) is 11.5 Å². The lowest BCUT2D eigenvalue weighted by Crippen LogP contribution is -2.22. The van der Waals surface area contributed by atoms with Crippen LogP contribution in [0.2, 0.25) is 30.8 Å². The lowest BCUT2D eigenvalue weighted by atomic mass is 9.97. The third-order valence-electron chi connectivity index (χ3n) is 4.83. The number of carbonyl (C=O) groups is 1. The molecular formula is C18H26ClN3O2Si.